The number of carbonyl (C=O) groups is 2. The molecule has 1 aromatic carbocycles. The molecule has 0 unspecified atom stereocenters. The summed E-state index contributed by atoms with van der Waals surface area (Å²) in [6.07, 6.45) is 2.96. The van der Waals surface area contributed by atoms with E-state index in [0.717, 1.165) is 5.39 Å². The average molecular weight is 358 g/mol. The highest BCUT2D eigenvalue weighted by Crippen LogP contribution is 2.30. The number of pyridine rings is 1. The Labute approximate surface area is 152 Å². The Balaban J connectivity index is 2.38. The first-order chi connectivity index (χ1) is 12.6. The molecular formula is C19H22N2O5. The fourth-order valence-electron chi connectivity index (χ4n) is 2.31. The normalized spacial score (nSPS) is 10.1. The molecule has 0 aliphatic carbocycles. The highest BCUT2D eigenvalue weighted by Gasteiger charge is 2.21. The van der Waals surface area contributed by atoms with E-state index in [4.69, 9.17) is 14.2 Å². The van der Waals surface area contributed by atoms with Crippen molar-refractivity contribution in [1.29, 1.82) is 0 Å². The van der Waals surface area contributed by atoms with E-state index in [9.17, 15) is 9.59 Å². The number of nitrogens with one attached hydrogen (secondary N) is 1. The van der Waals surface area contributed by atoms with Crippen LogP contribution in [0.25, 0.3) is 10.9 Å². The number of hydrogen-bond acceptors (Lipinski definition) is 7. The highest BCUT2D eigenvalue weighted by molar-refractivity contribution is 6.14. The Bertz CT molecular complexity index is 797. The average Bonchev–Trinajstić information content (AvgIpc) is 2.64. The van der Waals surface area contributed by atoms with E-state index in [2.05, 4.69) is 10.3 Å². The molecule has 0 saturated heterocycles. The Kier molecular flexibility index (Phi) is 6.96. The summed E-state index contributed by atoms with van der Waals surface area (Å²) >= 11 is 0. The van der Waals surface area contributed by atoms with Gasteiger partial charge in [0.25, 0.3) is 0 Å². The molecule has 0 fully saturated rings. The Morgan fingerprint density at radius 3 is 2.35 bits per heavy atom. The third kappa shape index (κ3) is 4.50. The number of esters is 2. The molecule has 0 spiro atoms. The molecule has 2 rings (SSSR count). The van der Waals surface area contributed by atoms with Gasteiger partial charge in [0.1, 0.15) is 11.3 Å². The van der Waals surface area contributed by atoms with Crippen molar-refractivity contribution in [2.45, 2.75) is 20.8 Å². The lowest BCUT2D eigenvalue weighted by atomic mass is 10.1. The summed E-state index contributed by atoms with van der Waals surface area (Å²) in [5.74, 6) is -0.827. The minimum absolute atomic E-state index is 0.158. The molecule has 0 atom stereocenters. The number of benzene rings is 1. The lowest BCUT2D eigenvalue weighted by molar-refractivity contribution is -0.146. The topological polar surface area (TPSA) is 86.8 Å². The zero-order valence-corrected chi connectivity index (χ0v) is 15.1. The largest absolute Gasteiger partial charge is 0.492 e. The predicted octanol–water partition coefficient (Wildman–Crippen LogP) is 3.06. The number of anilines is 1. The van der Waals surface area contributed by atoms with Crippen LogP contribution in [-0.2, 0) is 19.1 Å². The van der Waals surface area contributed by atoms with Gasteiger partial charge in [-0.05, 0) is 45.0 Å². The first-order valence-electron chi connectivity index (χ1n) is 8.43. The number of hydrogen-bond donors (Lipinski definition) is 1. The predicted molar refractivity (Wildman–Crippen MR) is 97.9 cm³/mol. The van der Waals surface area contributed by atoms with Crippen LogP contribution in [0.2, 0.25) is 0 Å². The van der Waals surface area contributed by atoms with Crippen molar-refractivity contribution in [1.82, 2.24) is 4.98 Å². The maximum absolute atomic E-state index is 12.0. The summed E-state index contributed by atoms with van der Waals surface area (Å²) in [5.41, 5.74) is 1.14. The summed E-state index contributed by atoms with van der Waals surface area (Å²) in [6, 6.07) is 7.24. The number of rotatable bonds is 8. The minimum atomic E-state index is -0.744. The van der Waals surface area contributed by atoms with E-state index in [1.807, 2.05) is 13.0 Å². The van der Waals surface area contributed by atoms with Gasteiger partial charge in [0, 0.05) is 23.5 Å². The van der Waals surface area contributed by atoms with E-state index in [1.54, 1.807) is 38.2 Å². The Hall–Kier alpha value is -3.09. The van der Waals surface area contributed by atoms with Crippen LogP contribution < -0.4 is 10.1 Å². The molecule has 0 bridgehead atoms. The molecular weight excluding hydrogens is 336 g/mol. The molecule has 0 aliphatic rings. The van der Waals surface area contributed by atoms with Gasteiger partial charge >= 0.3 is 11.9 Å². The fraction of sp³-hybridized carbons (Fsp3) is 0.316. The molecule has 138 valence electrons. The lowest BCUT2D eigenvalue weighted by Crippen LogP contribution is -2.19. The molecule has 0 aliphatic heterocycles. The maximum Gasteiger partial charge on any atom is 0.347 e. The van der Waals surface area contributed by atoms with Crippen LogP contribution in [0.3, 0.4) is 0 Å². The van der Waals surface area contributed by atoms with Crippen molar-refractivity contribution < 1.29 is 23.8 Å². The van der Waals surface area contributed by atoms with E-state index in [-0.39, 0.29) is 18.8 Å². The van der Waals surface area contributed by atoms with Crippen molar-refractivity contribution in [3.63, 3.8) is 0 Å². The zero-order chi connectivity index (χ0) is 18.9. The first kappa shape index (κ1) is 19.2. The number of nitrogens with zero attached hydrogens (tertiary/aromatic N) is 1. The van der Waals surface area contributed by atoms with Crippen molar-refractivity contribution in [3.05, 3.63) is 42.2 Å². The third-order valence-electron chi connectivity index (χ3n) is 3.40. The number of ether oxygens (including phenoxy) is 3. The summed E-state index contributed by atoms with van der Waals surface area (Å²) in [7, 11) is 0. The molecule has 0 radical (unpaired) electrons. The Morgan fingerprint density at radius 2 is 1.73 bits per heavy atom. The molecule has 7 nitrogen and oxygen atoms in total. The van der Waals surface area contributed by atoms with Crippen molar-refractivity contribution in [2.75, 3.05) is 25.1 Å². The standard InChI is InChI=1S/C19H22N2O5/c1-4-24-16-10-9-15(13-8-7-11-20-17(13)16)21-12-14(18(22)25-5-2)19(23)26-6-3/h7-12,21H,4-6H2,1-3H3. The van der Waals surface area contributed by atoms with Gasteiger partial charge in [0.2, 0.25) is 0 Å². The second-order valence-corrected chi connectivity index (χ2v) is 5.09. The first-order valence-corrected chi connectivity index (χ1v) is 8.43. The minimum Gasteiger partial charge on any atom is -0.492 e. The molecule has 0 amide bonds. The summed E-state index contributed by atoms with van der Waals surface area (Å²) in [6.45, 7) is 6.07. The van der Waals surface area contributed by atoms with E-state index < -0.39 is 11.9 Å². The number of aromatic nitrogens is 1. The second kappa shape index (κ2) is 9.41. The van der Waals surface area contributed by atoms with Gasteiger partial charge in [-0.2, -0.15) is 0 Å². The second-order valence-electron chi connectivity index (χ2n) is 5.09. The van der Waals surface area contributed by atoms with Gasteiger partial charge in [0.05, 0.1) is 19.8 Å². The van der Waals surface area contributed by atoms with Gasteiger partial charge in [-0.3, -0.25) is 4.98 Å². The molecule has 26 heavy (non-hydrogen) atoms. The third-order valence-corrected chi connectivity index (χ3v) is 3.40. The summed E-state index contributed by atoms with van der Waals surface area (Å²) < 4.78 is 15.4. The van der Waals surface area contributed by atoms with Crippen LogP contribution in [0.4, 0.5) is 5.69 Å². The summed E-state index contributed by atoms with van der Waals surface area (Å²) in [4.78, 5) is 28.4. The van der Waals surface area contributed by atoms with Gasteiger partial charge in [0.15, 0.2) is 5.57 Å². The lowest BCUT2D eigenvalue weighted by Gasteiger charge is -2.12. The molecule has 7 heteroatoms. The van der Waals surface area contributed by atoms with Crippen molar-refractivity contribution in [2.24, 2.45) is 0 Å². The van der Waals surface area contributed by atoms with Gasteiger partial charge < -0.3 is 19.5 Å². The van der Waals surface area contributed by atoms with Crippen molar-refractivity contribution in [3.8, 4) is 5.75 Å². The highest BCUT2D eigenvalue weighted by atomic mass is 16.6. The van der Waals surface area contributed by atoms with Crippen molar-refractivity contribution >= 4 is 28.5 Å². The van der Waals surface area contributed by atoms with E-state index in [1.165, 1.54) is 6.20 Å². The van der Waals surface area contributed by atoms with Crippen LogP contribution in [0.5, 0.6) is 5.75 Å². The van der Waals surface area contributed by atoms with Crippen LogP contribution in [0, 0.1) is 0 Å². The number of fused-ring (bicyclic) bond motifs is 1. The Morgan fingerprint density at radius 1 is 1.04 bits per heavy atom. The van der Waals surface area contributed by atoms with Gasteiger partial charge in [-0.25, -0.2) is 9.59 Å². The van der Waals surface area contributed by atoms with Crippen LogP contribution >= 0.6 is 0 Å². The zero-order valence-electron chi connectivity index (χ0n) is 15.1. The number of carbonyl (C=O) groups excluding carboxylic acids is 2. The van der Waals surface area contributed by atoms with Gasteiger partial charge in [-0.1, -0.05) is 0 Å². The quantitative estimate of drug-likeness (QED) is 0.336. The molecule has 1 aromatic heterocycles. The van der Waals surface area contributed by atoms with E-state index >= 15 is 0 Å². The fourth-order valence-corrected chi connectivity index (χ4v) is 2.31. The maximum atomic E-state index is 12.0. The van der Waals surface area contributed by atoms with Crippen LogP contribution in [0.1, 0.15) is 20.8 Å². The van der Waals surface area contributed by atoms with Crippen LogP contribution in [0.15, 0.2) is 42.2 Å². The van der Waals surface area contributed by atoms with Gasteiger partial charge in [-0.15, -0.1) is 0 Å². The van der Waals surface area contributed by atoms with E-state index in [0.29, 0.717) is 23.6 Å². The smallest absolute Gasteiger partial charge is 0.347 e. The molecule has 2 aromatic rings. The SMILES string of the molecule is CCOC(=O)C(=CNc1ccc(OCC)c2ncccc12)C(=O)OCC. The summed E-state index contributed by atoms with van der Waals surface area (Å²) in [5, 5.41) is 3.77. The molecule has 1 N–H and O–H groups in total. The molecule has 1 heterocycles. The van der Waals surface area contributed by atoms with Crippen LogP contribution in [-0.4, -0.2) is 36.7 Å². The molecule has 0 saturated carbocycles. The monoisotopic (exact) mass is 358 g/mol.